The van der Waals surface area contributed by atoms with E-state index in [2.05, 4.69) is 44.5 Å². The minimum atomic E-state index is -1.34. The standard InChI is InChI=1S/C19H17N5O3S/c25-17-16(18-24(17)15(10-28-18)19(26)27)13(14-9-20-22-21-14)5-8-23-6-3-12(4-7-23)11-1-2-11/h3-4,6-7,9-11,18H,1-2,5,8H2,(H-,20,21,22,25,26,27)/t18-/m1/s1. The number of carboxylic acid groups (broad SMARTS) is 1. The van der Waals surface area contributed by atoms with Gasteiger partial charge in [0.25, 0.3) is 5.91 Å². The fourth-order valence-electron chi connectivity index (χ4n) is 3.68. The predicted molar refractivity (Wildman–Crippen MR) is 97.8 cm³/mol. The summed E-state index contributed by atoms with van der Waals surface area (Å²) in [6, 6.07) is 4.30. The summed E-state index contributed by atoms with van der Waals surface area (Å²) in [6.45, 7) is 0.683. The number of pyridine rings is 1. The van der Waals surface area contributed by atoms with Crippen LogP contribution in [0.3, 0.4) is 0 Å². The predicted octanol–water partition coefficient (Wildman–Crippen LogP) is 0.320. The van der Waals surface area contributed by atoms with E-state index in [-0.39, 0.29) is 17.0 Å². The van der Waals surface area contributed by atoms with Gasteiger partial charge in [0.2, 0.25) is 0 Å². The lowest BCUT2D eigenvalue weighted by Crippen LogP contribution is -2.53. The molecule has 0 radical (unpaired) electrons. The highest BCUT2D eigenvalue weighted by molar-refractivity contribution is 8.03. The number of carbonyl (C=O) groups excluding carboxylic acids is 2. The number of aryl methyl sites for hydroxylation is 1. The second-order valence-electron chi connectivity index (χ2n) is 7.10. The van der Waals surface area contributed by atoms with E-state index < -0.39 is 5.97 Å². The Morgan fingerprint density at radius 1 is 1.36 bits per heavy atom. The SMILES string of the molecule is O=C([O-])C1=CS[C@@H]2/C(=C(/CC[n+]3ccc(C4CC4)cc3)c3cn[nH]n3)C(=O)N12. The Hall–Kier alpha value is -2.94. The molecule has 2 aromatic heterocycles. The molecule has 1 aliphatic carbocycles. The van der Waals surface area contributed by atoms with Crippen molar-refractivity contribution in [2.24, 2.45) is 0 Å². The van der Waals surface area contributed by atoms with Gasteiger partial charge < -0.3 is 9.90 Å². The monoisotopic (exact) mass is 395 g/mol. The maximum absolute atomic E-state index is 12.7. The quantitative estimate of drug-likeness (QED) is 0.429. The molecule has 0 bridgehead atoms. The van der Waals surface area contributed by atoms with Crippen LogP contribution in [-0.2, 0) is 16.1 Å². The average Bonchev–Trinajstić information content (AvgIpc) is 3.25. The summed E-state index contributed by atoms with van der Waals surface area (Å²) in [7, 11) is 0. The number of nitrogens with zero attached hydrogens (tertiary/aromatic N) is 4. The molecule has 4 heterocycles. The van der Waals surface area contributed by atoms with E-state index in [4.69, 9.17) is 0 Å². The fraction of sp³-hybridized carbons (Fsp3) is 0.316. The average molecular weight is 395 g/mol. The minimum Gasteiger partial charge on any atom is -0.543 e. The van der Waals surface area contributed by atoms with E-state index >= 15 is 0 Å². The number of aliphatic carboxylic acids is 1. The molecule has 1 amide bonds. The Bertz CT molecular complexity index is 1010. The summed E-state index contributed by atoms with van der Waals surface area (Å²) in [5.74, 6) is -0.930. The van der Waals surface area contributed by atoms with Crippen LogP contribution in [0.5, 0.6) is 0 Å². The van der Waals surface area contributed by atoms with Gasteiger partial charge in [0.1, 0.15) is 11.1 Å². The Morgan fingerprint density at radius 3 is 2.79 bits per heavy atom. The third kappa shape index (κ3) is 2.82. The van der Waals surface area contributed by atoms with Crippen molar-refractivity contribution in [3.63, 3.8) is 0 Å². The first-order chi connectivity index (χ1) is 13.6. The lowest BCUT2D eigenvalue weighted by Gasteiger charge is -2.39. The number of rotatable bonds is 6. The van der Waals surface area contributed by atoms with Crippen LogP contribution in [0.4, 0.5) is 0 Å². The number of amides is 1. The zero-order valence-corrected chi connectivity index (χ0v) is 15.7. The number of hydrogen-bond donors (Lipinski definition) is 1. The molecule has 28 heavy (non-hydrogen) atoms. The smallest absolute Gasteiger partial charge is 0.258 e. The zero-order valence-electron chi connectivity index (χ0n) is 14.9. The molecular formula is C19H17N5O3S. The van der Waals surface area contributed by atoms with Gasteiger partial charge in [-0.2, -0.15) is 15.4 Å². The van der Waals surface area contributed by atoms with Crippen molar-refractivity contribution >= 4 is 29.2 Å². The van der Waals surface area contributed by atoms with Crippen LogP contribution in [0.1, 0.15) is 36.4 Å². The second kappa shape index (κ2) is 6.59. The Labute approximate surface area is 164 Å². The minimum absolute atomic E-state index is 0.0757. The van der Waals surface area contributed by atoms with E-state index in [1.165, 1.54) is 40.5 Å². The van der Waals surface area contributed by atoms with Gasteiger partial charge in [0.15, 0.2) is 18.9 Å². The molecule has 5 rings (SSSR count). The normalized spacial score (nSPS) is 22.6. The highest BCUT2D eigenvalue weighted by Gasteiger charge is 2.49. The number of hydrogen-bond acceptors (Lipinski definition) is 6. The topological polar surface area (TPSA) is 106 Å². The van der Waals surface area contributed by atoms with E-state index in [1.807, 2.05) is 0 Å². The summed E-state index contributed by atoms with van der Waals surface area (Å²) >= 11 is 1.30. The number of H-pyrrole nitrogens is 1. The maximum Gasteiger partial charge on any atom is 0.258 e. The zero-order chi connectivity index (χ0) is 19.3. The molecule has 1 saturated heterocycles. The molecule has 142 valence electrons. The molecule has 0 unspecified atom stereocenters. The first kappa shape index (κ1) is 17.2. The van der Waals surface area contributed by atoms with Crippen molar-refractivity contribution in [1.82, 2.24) is 20.3 Å². The molecule has 1 saturated carbocycles. The van der Waals surface area contributed by atoms with Gasteiger partial charge in [0.05, 0.1) is 23.4 Å². The van der Waals surface area contributed by atoms with Crippen LogP contribution in [0.15, 0.2) is 47.4 Å². The molecule has 9 heteroatoms. The van der Waals surface area contributed by atoms with Crippen molar-refractivity contribution in [3.8, 4) is 0 Å². The van der Waals surface area contributed by atoms with Crippen LogP contribution in [-0.4, -0.2) is 37.6 Å². The number of aromatic nitrogens is 4. The fourth-order valence-corrected chi connectivity index (χ4v) is 4.85. The van der Waals surface area contributed by atoms with Crippen molar-refractivity contribution in [2.45, 2.75) is 37.1 Å². The number of carbonyl (C=O) groups is 2. The van der Waals surface area contributed by atoms with Crippen LogP contribution < -0.4 is 9.67 Å². The van der Waals surface area contributed by atoms with Crippen LogP contribution in [0.25, 0.3) is 5.57 Å². The number of carboxylic acids is 1. The summed E-state index contributed by atoms with van der Waals surface area (Å²) < 4.78 is 2.08. The van der Waals surface area contributed by atoms with Crippen LogP contribution in [0.2, 0.25) is 0 Å². The molecule has 3 aliphatic rings. The third-order valence-corrected chi connectivity index (χ3v) is 6.41. The molecule has 1 N–H and O–H groups in total. The summed E-state index contributed by atoms with van der Waals surface area (Å²) in [5, 5.41) is 22.9. The van der Waals surface area contributed by atoms with Crippen molar-refractivity contribution < 1.29 is 19.3 Å². The van der Waals surface area contributed by atoms with Gasteiger partial charge in [0, 0.05) is 18.6 Å². The third-order valence-electron chi connectivity index (χ3n) is 5.34. The second-order valence-corrected chi connectivity index (χ2v) is 8.05. The van der Waals surface area contributed by atoms with Gasteiger partial charge >= 0.3 is 0 Å². The highest BCUT2D eigenvalue weighted by atomic mass is 32.2. The summed E-state index contributed by atoms with van der Waals surface area (Å²) in [6.07, 6.45) is 8.85. The van der Waals surface area contributed by atoms with Gasteiger partial charge in [-0.1, -0.05) is 0 Å². The first-order valence-electron chi connectivity index (χ1n) is 9.12. The first-order valence-corrected chi connectivity index (χ1v) is 10.1. The van der Waals surface area contributed by atoms with E-state index in [0.717, 1.165) is 5.57 Å². The van der Waals surface area contributed by atoms with Crippen molar-refractivity contribution in [1.29, 1.82) is 0 Å². The number of fused-ring (bicyclic) bond motifs is 1. The van der Waals surface area contributed by atoms with Crippen LogP contribution >= 0.6 is 11.8 Å². The lowest BCUT2D eigenvalue weighted by molar-refractivity contribution is -0.695. The Morgan fingerprint density at radius 2 is 2.14 bits per heavy atom. The molecule has 2 aromatic rings. The summed E-state index contributed by atoms with van der Waals surface area (Å²) in [5.41, 5.74) is 3.29. The Balaban J connectivity index is 1.39. The molecule has 2 fully saturated rings. The summed E-state index contributed by atoms with van der Waals surface area (Å²) in [4.78, 5) is 25.2. The number of aromatic amines is 1. The van der Waals surface area contributed by atoms with Gasteiger partial charge in [-0.05, 0) is 35.3 Å². The largest absolute Gasteiger partial charge is 0.543 e. The molecule has 0 spiro atoms. The number of β-lactam (4-membered cyclic amide) rings is 1. The van der Waals surface area contributed by atoms with Gasteiger partial charge in [-0.15, -0.1) is 11.8 Å². The Kier molecular flexibility index (Phi) is 4.04. The maximum atomic E-state index is 12.7. The van der Waals surface area contributed by atoms with E-state index in [0.29, 0.717) is 30.2 Å². The van der Waals surface area contributed by atoms with Gasteiger partial charge in [-0.25, -0.2) is 4.57 Å². The molecule has 1 atom stereocenters. The molecule has 2 aliphatic heterocycles. The van der Waals surface area contributed by atoms with Crippen molar-refractivity contribution in [2.75, 3.05) is 0 Å². The van der Waals surface area contributed by atoms with Gasteiger partial charge in [-0.3, -0.25) is 9.69 Å². The number of thioether (sulfide) groups is 1. The number of allylic oxidation sites excluding steroid dienone is 1. The van der Waals surface area contributed by atoms with E-state index in [1.54, 1.807) is 6.20 Å². The molecular weight excluding hydrogens is 378 g/mol. The van der Waals surface area contributed by atoms with Crippen molar-refractivity contribution in [3.05, 3.63) is 58.7 Å². The number of nitrogens with one attached hydrogen (secondary N) is 1. The molecule has 8 nitrogen and oxygen atoms in total. The van der Waals surface area contributed by atoms with E-state index in [9.17, 15) is 14.7 Å². The molecule has 0 aromatic carbocycles. The highest BCUT2D eigenvalue weighted by Crippen LogP contribution is 2.47. The van der Waals surface area contributed by atoms with Crippen LogP contribution in [0, 0.1) is 0 Å². The lowest BCUT2D eigenvalue weighted by atomic mass is 9.94.